The molecule has 1 aliphatic carbocycles. The van der Waals surface area contributed by atoms with Gasteiger partial charge in [0.25, 0.3) is 6.08 Å². The van der Waals surface area contributed by atoms with E-state index in [1.54, 1.807) is 0 Å². The van der Waals surface area contributed by atoms with Crippen molar-refractivity contribution in [2.75, 3.05) is 0 Å². The van der Waals surface area contributed by atoms with Crippen LogP contribution in [0.4, 0.5) is 8.78 Å². The van der Waals surface area contributed by atoms with Gasteiger partial charge < -0.3 is 5.11 Å². The zero-order valence-corrected chi connectivity index (χ0v) is 15.6. The second-order valence-corrected chi connectivity index (χ2v) is 7.28. The van der Waals surface area contributed by atoms with Gasteiger partial charge in [-0.05, 0) is 56.8 Å². The standard InChI is InChI=1S/C21H34F2O2/c1-2-3-4-5-6-8-12-17-14-11-15-18(17)13-9-7-10-16-19(20(22)23)21(24)25/h8,12,17-18H,2-7,9-11,13-16H2,1H3,(H,24,25)/t17-,18-/m0/s1. The molecule has 1 saturated carbocycles. The minimum absolute atomic E-state index is 0.0244. The first-order valence-electron chi connectivity index (χ1n) is 10.00. The summed E-state index contributed by atoms with van der Waals surface area (Å²) < 4.78 is 24.9. The lowest BCUT2D eigenvalue weighted by atomic mass is 9.90. The highest BCUT2D eigenvalue weighted by Crippen LogP contribution is 2.36. The minimum atomic E-state index is -2.05. The van der Waals surface area contributed by atoms with Gasteiger partial charge in [0, 0.05) is 0 Å². The van der Waals surface area contributed by atoms with Crippen LogP contribution in [0.1, 0.15) is 90.4 Å². The first-order valence-corrected chi connectivity index (χ1v) is 10.00. The molecular formula is C21H34F2O2. The summed E-state index contributed by atoms with van der Waals surface area (Å²) in [6.45, 7) is 2.23. The summed E-state index contributed by atoms with van der Waals surface area (Å²) in [7, 11) is 0. The van der Waals surface area contributed by atoms with Gasteiger partial charge in [-0.2, -0.15) is 8.78 Å². The molecule has 0 aromatic heterocycles. The van der Waals surface area contributed by atoms with Gasteiger partial charge in [0.2, 0.25) is 0 Å². The Labute approximate surface area is 151 Å². The highest BCUT2D eigenvalue weighted by molar-refractivity contribution is 5.86. The number of carboxylic acid groups (broad SMARTS) is 1. The molecule has 0 radical (unpaired) electrons. The van der Waals surface area contributed by atoms with E-state index in [2.05, 4.69) is 19.1 Å². The highest BCUT2D eigenvalue weighted by atomic mass is 19.3. The van der Waals surface area contributed by atoms with E-state index in [0.29, 0.717) is 12.3 Å². The summed E-state index contributed by atoms with van der Waals surface area (Å²) in [6, 6.07) is 0. The maximum Gasteiger partial charge on any atom is 0.337 e. The average molecular weight is 356 g/mol. The molecule has 4 heteroatoms. The van der Waals surface area contributed by atoms with Gasteiger partial charge in [-0.1, -0.05) is 57.6 Å². The van der Waals surface area contributed by atoms with Crippen LogP contribution in [0, 0.1) is 11.8 Å². The number of carboxylic acids is 1. The normalized spacial score (nSPS) is 20.3. The van der Waals surface area contributed by atoms with Gasteiger partial charge in [-0.15, -0.1) is 0 Å². The summed E-state index contributed by atoms with van der Waals surface area (Å²) in [5.74, 6) is -0.0804. The van der Waals surface area contributed by atoms with Gasteiger partial charge in [0.05, 0.1) is 0 Å². The molecule has 0 spiro atoms. The van der Waals surface area contributed by atoms with Crippen LogP contribution in [0.25, 0.3) is 0 Å². The second-order valence-electron chi connectivity index (χ2n) is 7.28. The molecule has 0 bridgehead atoms. The first-order chi connectivity index (χ1) is 12.1. The van der Waals surface area contributed by atoms with Gasteiger partial charge in [-0.3, -0.25) is 0 Å². The summed E-state index contributed by atoms with van der Waals surface area (Å²) in [5.41, 5.74) is -0.718. The van der Waals surface area contributed by atoms with E-state index < -0.39 is 17.6 Å². The minimum Gasteiger partial charge on any atom is -0.478 e. The maximum absolute atomic E-state index is 12.5. The third-order valence-electron chi connectivity index (χ3n) is 5.31. The van der Waals surface area contributed by atoms with E-state index in [-0.39, 0.29) is 6.42 Å². The molecule has 144 valence electrons. The molecule has 2 atom stereocenters. The summed E-state index contributed by atoms with van der Waals surface area (Å²) in [6.07, 6.45) is 16.4. The zero-order chi connectivity index (χ0) is 18.5. The van der Waals surface area contributed by atoms with Crippen molar-refractivity contribution in [3.8, 4) is 0 Å². The zero-order valence-electron chi connectivity index (χ0n) is 15.6. The number of aliphatic carboxylic acids is 1. The molecule has 2 nitrogen and oxygen atoms in total. The van der Waals surface area contributed by atoms with Gasteiger partial charge in [-0.25, -0.2) is 4.79 Å². The summed E-state index contributed by atoms with van der Waals surface area (Å²) in [5, 5.41) is 8.71. The largest absolute Gasteiger partial charge is 0.478 e. The SMILES string of the molecule is CCCCCCC=C[C@H]1CCC[C@@H]1CCCCCC(C(=O)O)=C(F)F. The monoisotopic (exact) mass is 356 g/mol. The molecule has 0 aromatic rings. The third-order valence-corrected chi connectivity index (χ3v) is 5.31. The molecule has 0 aliphatic heterocycles. The Hall–Kier alpha value is -1.19. The Balaban J connectivity index is 2.20. The van der Waals surface area contributed by atoms with Crippen LogP contribution >= 0.6 is 0 Å². The smallest absolute Gasteiger partial charge is 0.337 e. The van der Waals surface area contributed by atoms with E-state index in [1.807, 2.05) is 0 Å². The van der Waals surface area contributed by atoms with Crippen molar-refractivity contribution >= 4 is 5.97 Å². The molecule has 0 saturated heterocycles. The third kappa shape index (κ3) is 9.18. The van der Waals surface area contributed by atoms with Crippen LogP contribution in [-0.4, -0.2) is 11.1 Å². The molecule has 25 heavy (non-hydrogen) atoms. The molecule has 1 aliphatic rings. The number of hydrogen-bond donors (Lipinski definition) is 1. The van der Waals surface area contributed by atoms with Crippen molar-refractivity contribution in [2.24, 2.45) is 11.8 Å². The van der Waals surface area contributed by atoms with E-state index in [9.17, 15) is 13.6 Å². The van der Waals surface area contributed by atoms with Crippen molar-refractivity contribution in [3.63, 3.8) is 0 Å². The van der Waals surface area contributed by atoms with Gasteiger partial charge in [0.15, 0.2) is 0 Å². The lowest BCUT2D eigenvalue weighted by Gasteiger charge is -2.16. The quantitative estimate of drug-likeness (QED) is 0.217. The molecule has 0 unspecified atom stereocenters. The van der Waals surface area contributed by atoms with Crippen LogP contribution < -0.4 is 0 Å². The van der Waals surface area contributed by atoms with Crippen molar-refractivity contribution in [1.29, 1.82) is 0 Å². The maximum atomic E-state index is 12.5. The number of hydrogen-bond acceptors (Lipinski definition) is 1. The topological polar surface area (TPSA) is 37.3 Å². The predicted octanol–water partition coefficient (Wildman–Crippen LogP) is 7.12. The Morgan fingerprint density at radius 3 is 2.52 bits per heavy atom. The number of carbonyl (C=O) groups is 1. The Bertz CT molecular complexity index is 439. The van der Waals surface area contributed by atoms with E-state index >= 15 is 0 Å². The number of rotatable bonds is 13. The molecule has 0 heterocycles. The Morgan fingerprint density at radius 1 is 1.08 bits per heavy atom. The number of allylic oxidation sites excluding steroid dienone is 2. The van der Waals surface area contributed by atoms with Crippen LogP contribution in [0.5, 0.6) is 0 Å². The van der Waals surface area contributed by atoms with Crippen LogP contribution in [0.15, 0.2) is 23.8 Å². The highest BCUT2D eigenvalue weighted by Gasteiger charge is 2.24. The van der Waals surface area contributed by atoms with Crippen molar-refractivity contribution < 1.29 is 18.7 Å². The fourth-order valence-electron chi connectivity index (χ4n) is 3.80. The molecular weight excluding hydrogens is 322 g/mol. The van der Waals surface area contributed by atoms with Gasteiger partial charge in [0.1, 0.15) is 5.57 Å². The van der Waals surface area contributed by atoms with Crippen molar-refractivity contribution in [2.45, 2.75) is 90.4 Å². The fraction of sp³-hybridized carbons (Fsp3) is 0.762. The van der Waals surface area contributed by atoms with Crippen LogP contribution in [0.2, 0.25) is 0 Å². The Kier molecular flexibility index (Phi) is 11.4. The molecule has 0 amide bonds. The number of unbranched alkanes of at least 4 members (excludes halogenated alkanes) is 6. The van der Waals surface area contributed by atoms with E-state index in [4.69, 9.17) is 5.11 Å². The summed E-state index contributed by atoms with van der Waals surface area (Å²) in [4.78, 5) is 10.7. The lowest BCUT2D eigenvalue weighted by molar-refractivity contribution is -0.133. The van der Waals surface area contributed by atoms with Crippen molar-refractivity contribution in [1.82, 2.24) is 0 Å². The average Bonchev–Trinajstić information content (AvgIpc) is 3.00. The summed E-state index contributed by atoms with van der Waals surface area (Å²) >= 11 is 0. The molecule has 1 rings (SSSR count). The van der Waals surface area contributed by atoms with Crippen LogP contribution in [-0.2, 0) is 4.79 Å². The number of halogens is 2. The second kappa shape index (κ2) is 13.1. The van der Waals surface area contributed by atoms with E-state index in [0.717, 1.165) is 25.2 Å². The Morgan fingerprint density at radius 2 is 1.84 bits per heavy atom. The molecule has 1 fully saturated rings. The first kappa shape index (κ1) is 21.9. The van der Waals surface area contributed by atoms with E-state index in [1.165, 1.54) is 51.4 Å². The van der Waals surface area contributed by atoms with Crippen LogP contribution in [0.3, 0.4) is 0 Å². The predicted molar refractivity (Wildman–Crippen MR) is 98.7 cm³/mol. The fourth-order valence-corrected chi connectivity index (χ4v) is 3.80. The molecule has 1 N–H and O–H groups in total. The van der Waals surface area contributed by atoms with Crippen molar-refractivity contribution in [3.05, 3.63) is 23.8 Å². The lowest BCUT2D eigenvalue weighted by Crippen LogP contribution is -2.05. The van der Waals surface area contributed by atoms with Gasteiger partial charge >= 0.3 is 5.97 Å². The molecule has 0 aromatic carbocycles.